The zero-order valence-corrected chi connectivity index (χ0v) is 9.74. The maximum Gasteiger partial charge on any atom is 0.115 e. The Hall–Kier alpha value is -1.46. The fourth-order valence-corrected chi connectivity index (χ4v) is 2.08. The van der Waals surface area contributed by atoms with Crippen molar-refractivity contribution in [3.05, 3.63) is 40.6 Å². The molecule has 0 saturated carbocycles. The van der Waals surface area contributed by atoms with Gasteiger partial charge in [-0.25, -0.2) is 4.98 Å². The largest absolute Gasteiger partial charge is 0.392 e. The number of thiazole rings is 1. The minimum absolute atomic E-state index is 0.00937. The van der Waals surface area contributed by atoms with Gasteiger partial charge < -0.3 is 10.4 Å². The first-order valence-electron chi connectivity index (χ1n) is 5.01. The monoisotopic (exact) mass is 235 g/mol. The van der Waals surface area contributed by atoms with Crippen molar-refractivity contribution in [1.82, 2.24) is 9.97 Å². The van der Waals surface area contributed by atoms with Crippen molar-refractivity contribution in [2.24, 2.45) is 0 Å². The summed E-state index contributed by atoms with van der Waals surface area (Å²) in [6, 6.07) is 1.92. The van der Waals surface area contributed by atoms with Crippen LogP contribution in [-0.2, 0) is 6.61 Å². The summed E-state index contributed by atoms with van der Waals surface area (Å²) in [6.07, 6.45) is 5.18. The van der Waals surface area contributed by atoms with Crippen LogP contribution in [0.1, 0.15) is 23.5 Å². The van der Waals surface area contributed by atoms with Gasteiger partial charge in [-0.3, -0.25) is 4.98 Å². The minimum atomic E-state index is 0.00937. The lowest BCUT2D eigenvalue weighted by Crippen LogP contribution is -2.08. The first-order chi connectivity index (χ1) is 7.81. The van der Waals surface area contributed by atoms with E-state index in [0.29, 0.717) is 0 Å². The van der Waals surface area contributed by atoms with Crippen molar-refractivity contribution in [2.45, 2.75) is 19.6 Å². The van der Waals surface area contributed by atoms with E-state index in [9.17, 15) is 5.11 Å². The number of pyridine rings is 1. The van der Waals surface area contributed by atoms with E-state index < -0.39 is 0 Å². The van der Waals surface area contributed by atoms with Crippen LogP contribution in [0.15, 0.2) is 30.0 Å². The molecular formula is C11H13N3OS. The van der Waals surface area contributed by atoms with Crippen molar-refractivity contribution in [1.29, 1.82) is 0 Å². The van der Waals surface area contributed by atoms with E-state index in [-0.39, 0.29) is 12.6 Å². The summed E-state index contributed by atoms with van der Waals surface area (Å²) in [6.45, 7) is 2.04. The third-order valence-electron chi connectivity index (χ3n) is 2.28. The van der Waals surface area contributed by atoms with Gasteiger partial charge in [0.15, 0.2) is 0 Å². The molecule has 0 aromatic carbocycles. The van der Waals surface area contributed by atoms with Gasteiger partial charge >= 0.3 is 0 Å². The lowest BCUT2D eigenvalue weighted by atomic mass is 10.2. The fraction of sp³-hybridized carbons (Fsp3) is 0.273. The Kier molecular flexibility index (Phi) is 3.48. The van der Waals surface area contributed by atoms with E-state index in [4.69, 9.17) is 0 Å². The number of rotatable bonds is 4. The maximum absolute atomic E-state index is 9.18. The number of aromatic nitrogens is 2. The summed E-state index contributed by atoms with van der Waals surface area (Å²) in [5.74, 6) is 0. The Bertz CT molecular complexity index is 444. The molecule has 0 fully saturated rings. The zero-order valence-electron chi connectivity index (χ0n) is 8.92. The number of nitrogens with one attached hydrogen (secondary N) is 1. The van der Waals surface area contributed by atoms with Gasteiger partial charge in [0.25, 0.3) is 0 Å². The van der Waals surface area contributed by atoms with Gasteiger partial charge in [-0.2, -0.15) is 0 Å². The summed E-state index contributed by atoms with van der Waals surface area (Å²) in [7, 11) is 0. The molecule has 4 nitrogen and oxygen atoms in total. The molecule has 0 aliphatic carbocycles. The molecule has 0 radical (unpaired) electrons. The highest BCUT2D eigenvalue weighted by atomic mass is 32.1. The molecule has 5 heteroatoms. The molecule has 2 N–H and O–H groups in total. The van der Waals surface area contributed by atoms with Gasteiger partial charge in [-0.1, -0.05) is 0 Å². The number of anilines is 1. The second kappa shape index (κ2) is 5.05. The van der Waals surface area contributed by atoms with Gasteiger partial charge in [0, 0.05) is 23.3 Å². The third-order valence-corrected chi connectivity index (χ3v) is 3.23. The van der Waals surface area contributed by atoms with Crippen LogP contribution in [0.3, 0.4) is 0 Å². The van der Waals surface area contributed by atoms with Gasteiger partial charge in [0.05, 0.1) is 24.5 Å². The molecule has 0 saturated heterocycles. The van der Waals surface area contributed by atoms with Crippen LogP contribution in [0.2, 0.25) is 0 Å². The van der Waals surface area contributed by atoms with Gasteiger partial charge in [-0.05, 0) is 13.0 Å². The number of aliphatic hydroxyl groups is 1. The highest BCUT2D eigenvalue weighted by Gasteiger charge is 2.09. The molecule has 2 rings (SSSR count). The second-order valence-corrected chi connectivity index (χ2v) is 4.35. The predicted octanol–water partition coefficient (Wildman–Crippen LogP) is 2.20. The quantitative estimate of drug-likeness (QED) is 0.853. The van der Waals surface area contributed by atoms with Crippen molar-refractivity contribution in [3.63, 3.8) is 0 Å². The van der Waals surface area contributed by atoms with Crippen molar-refractivity contribution >= 4 is 17.0 Å². The number of hydrogen-bond acceptors (Lipinski definition) is 5. The molecule has 0 spiro atoms. The van der Waals surface area contributed by atoms with Gasteiger partial charge in [-0.15, -0.1) is 11.3 Å². The number of hydrogen-bond donors (Lipinski definition) is 2. The van der Waals surface area contributed by atoms with Crippen LogP contribution < -0.4 is 5.32 Å². The molecular weight excluding hydrogens is 222 g/mol. The molecule has 0 aliphatic rings. The van der Waals surface area contributed by atoms with E-state index in [0.717, 1.165) is 16.3 Å². The highest BCUT2D eigenvalue weighted by Crippen LogP contribution is 2.22. The van der Waals surface area contributed by atoms with Crippen LogP contribution in [0, 0.1) is 0 Å². The average Bonchev–Trinajstić information content (AvgIpc) is 2.83. The van der Waals surface area contributed by atoms with E-state index in [1.807, 2.05) is 12.3 Å². The molecule has 2 aromatic heterocycles. The molecule has 1 unspecified atom stereocenters. The smallest absolute Gasteiger partial charge is 0.115 e. The number of aliphatic hydroxyl groups excluding tert-OH is 1. The molecule has 0 bridgehead atoms. The molecule has 2 heterocycles. The first kappa shape index (κ1) is 11.0. The SMILES string of the molecule is CC(Nc1cnccc1CO)c1nccs1. The minimum Gasteiger partial charge on any atom is -0.392 e. The average molecular weight is 235 g/mol. The lowest BCUT2D eigenvalue weighted by Gasteiger charge is -2.14. The van der Waals surface area contributed by atoms with E-state index >= 15 is 0 Å². The van der Waals surface area contributed by atoms with Crippen molar-refractivity contribution in [3.8, 4) is 0 Å². The van der Waals surface area contributed by atoms with Gasteiger partial charge in [0.2, 0.25) is 0 Å². The Balaban J connectivity index is 2.14. The first-order valence-corrected chi connectivity index (χ1v) is 5.89. The van der Waals surface area contributed by atoms with Gasteiger partial charge in [0.1, 0.15) is 5.01 Å². The molecule has 1 atom stereocenters. The van der Waals surface area contributed by atoms with Crippen LogP contribution >= 0.6 is 11.3 Å². The van der Waals surface area contributed by atoms with Crippen molar-refractivity contribution in [2.75, 3.05) is 5.32 Å². The molecule has 84 valence electrons. The molecule has 0 aliphatic heterocycles. The summed E-state index contributed by atoms with van der Waals surface area (Å²) >= 11 is 1.61. The Morgan fingerprint density at radius 3 is 3.06 bits per heavy atom. The third kappa shape index (κ3) is 2.37. The van der Waals surface area contributed by atoms with E-state index in [1.54, 1.807) is 36.0 Å². The van der Waals surface area contributed by atoms with Crippen molar-refractivity contribution < 1.29 is 5.11 Å². The Morgan fingerprint density at radius 1 is 1.50 bits per heavy atom. The van der Waals surface area contributed by atoms with Crippen LogP contribution in [0.4, 0.5) is 5.69 Å². The van der Waals surface area contributed by atoms with Crippen LogP contribution in [0.5, 0.6) is 0 Å². The second-order valence-electron chi connectivity index (χ2n) is 3.43. The van der Waals surface area contributed by atoms with E-state index in [2.05, 4.69) is 15.3 Å². The topological polar surface area (TPSA) is 58.0 Å². The number of nitrogens with zero attached hydrogens (tertiary/aromatic N) is 2. The predicted molar refractivity (Wildman–Crippen MR) is 64.3 cm³/mol. The van der Waals surface area contributed by atoms with E-state index in [1.165, 1.54) is 0 Å². The summed E-state index contributed by atoms with van der Waals surface area (Å²) < 4.78 is 0. The Labute approximate surface area is 98.0 Å². The van der Waals surface area contributed by atoms with Crippen LogP contribution in [0.25, 0.3) is 0 Å². The standard InChI is InChI=1S/C11H13N3OS/c1-8(11-13-4-5-16-11)14-10-6-12-3-2-9(10)7-15/h2-6,8,14-15H,7H2,1H3. The molecule has 2 aromatic rings. The lowest BCUT2D eigenvalue weighted by molar-refractivity contribution is 0.282. The normalized spacial score (nSPS) is 12.4. The summed E-state index contributed by atoms with van der Waals surface area (Å²) in [5, 5.41) is 15.4. The summed E-state index contributed by atoms with van der Waals surface area (Å²) in [4.78, 5) is 8.28. The maximum atomic E-state index is 9.18. The summed E-state index contributed by atoms with van der Waals surface area (Å²) in [5.41, 5.74) is 1.70. The Morgan fingerprint density at radius 2 is 2.38 bits per heavy atom. The van der Waals surface area contributed by atoms with Crippen LogP contribution in [-0.4, -0.2) is 15.1 Å². The highest BCUT2D eigenvalue weighted by molar-refractivity contribution is 7.09. The molecule has 16 heavy (non-hydrogen) atoms. The zero-order chi connectivity index (χ0) is 11.4. The fourth-order valence-electron chi connectivity index (χ4n) is 1.43. The molecule has 0 amide bonds.